The number of halogens is 3. The molecule has 4 rings (SSSR count). The Bertz CT molecular complexity index is 1460. The standard InChI is InChI=1S/C29H28F3N5O3S/c1-3-20-6-4-5-18(2)25(20)37-24(38)17-41-28(37)36-26(39)33-16-15-19-7-11-22(12-8-19)34-27(40)35-23-13-9-21(10-14-23)29(30,31)32/h4-14H,3,15-17H2,1-2H3,(H,33,39)(H2,34,35,40). The van der Waals surface area contributed by atoms with Gasteiger partial charge in [-0.05, 0) is 72.9 Å². The average molecular weight is 584 g/mol. The predicted octanol–water partition coefficient (Wildman–Crippen LogP) is 6.61. The maximum absolute atomic E-state index is 12.7. The van der Waals surface area contributed by atoms with Gasteiger partial charge in [-0.3, -0.25) is 9.69 Å². The molecule has 0 aliphatic carbocycles. The van der Waals surface area contributed by atoms with Gasteiger partial charge in [0.05, 0.1) is 17.0 Å². The van der Waals surface area contributed by atoms with Gasteiger partial charge in [0.1, 0.15) is 0 Å². The van der Waals surface area contributed by atoms with E-state index in [4.69, 9.17) is 0 Å². The van der Waals surface area contributed by atoms with E-state index in [0.717, 1.165) is 40.9 Å². The zero-order chi connectivity index (χ0) is 29.6. The van der Waals surface area contributed by atoms with E-state index in [0.29, 0.717) is 23.8 Å². The Morgan fingerprint density at radius 1 is 0.976 bits per heavy atom. The van der Waals surface area contributed by atoms with E-state index in [9.17, 15) is 27.6 Å². The predicted molar refractivity (Wildman–Crippen MR) is 156 cm³/mol. The highest BCUT2D eigenvalue weighted by Crippen LogP contribution is 2.33. The maximum Gasteiger partial charge on any atom is 0.416 e. The van der Waals surface area contributed by atoms with Crippen LogP contribution >= 0.6 is 11.8 Å². The lowest BCUT2D eigenvalue weighted by Crippen LogP contribution is -2.33. The van der Waals surface area contributed by atoms with E-state index >= 15 is 0 Å². The van der Waals surface area contributed by atoms with Crippen molar-refractivity contribution in [2.45, 2.75) is 32.9 Å². The summed E-state index contributed by atoms with van der Waals surface area (Å²) in [7, 11) is 0. The number of urea groups is 2. The summed E-state index contributed by atoms with van der Waals surface area (Å²) in [6.07, 6.45) is -3.21. The van der Waals surface area contributed by atoms with Crippen LogP contribution in [0.5, 0.6) is 0 Å². The van der Waals surface area contributed by atoms with Crippen LogP contribution in [-0.4, -0.2) is 35.4 Å². The van der Waals surface area contributed by atoms with Gasteiger partial charge in [0.2, 0.25) is 5.91 Å². The Kier molecular flexibility index (Phi) is 9.33. The second-order valence-electron chi connectivity index (χ2n) is 9.18. The third kappa shape index (κ3) is 7.66. The zero-order valence-electron chi connectivity index (χ0n) is 22.3. The van der Waals surface area contributed by atoms with Crippen molar-refractivity contribution in [3.05, 3.63) is 89.0 Å². The molecule has 1 aliphatic heterocycles. The topological polar surface area (TPSA) is 103 Å². The number of rotatable bonds is 7. The van der Waals surface area contributed by atoms with Crippen LogP contribution in [0.1, 0.15) is 29.2 Å². The van der Waals surface area contributed by atoms with Crippen molar-refractivity contribution in [3.8, 4) is 0 Å². The number of thioether (sulfide) groups is 1. The van der Waals surface area contributed by atoms with E-state index in [1.807, 2.05) is 32.0 Å². The van der Waals surface area contributed by atoms with E-state index in [1.54, 1.807) is 24.3 Å². The second-order valence-corrected chi connectivity index (χ2v) is 10.1. The Morgan fingerprint density at radius 2 is 1.61 bits per heavy atom. The molecule has 0 aromatic heterocycles. The summed E-state index contributed by atoms with van der Waals surface area (Å²) in [5, 5.41) is 8.19. The van der Waals surface area contributed by atoms with E-state index < -0.39 is 23.8 Å². The summed E-state index contributed by atoms with van der Waals surface area (Å²) in [5.41, 5.74) is 3.51. The minimum atomic E-state index is -4.45. The molecule has 5 amide bonds. The molecule has 0 bridgehead atoms. The number of amidine groups is 1. The number of alkyl halides is 3. The highest BCUT2D eigenvalue weighted by Gasteiger charge is 2.33. The molecule has 214 valence electrons. The highest BCUT2D eigenvalue weighted by atomic mass is 32.2. The maximum atomic E-state index is 12.7. The SMILES string of the molecule is CCc1cccc(C)c1N1C(=O)CSC1=NC(=O)NCCc1ccc(NC(=O)Nc2ccc(C(F)(F)F)cc2)cc1. The number of aliphatic imine (C=N–C) groups is 1. The summed E-state index contributed by atoms with van der Waals surface area (Å²) in [5.74, 6) is 0.0964. The number of amides is 5. The average Bonchev–Trinajstić information content (AvgIpc) is 3.28. The van der Waals surface area contributed by atoms with Gasteiger partial charge in [0.25, 0.3) is 0 Å². The molecule has 1 aliphatic rings. The van der Waals surface area contributed by atoms with Gasteiger partial charge in [-0.25, -0.2) is 9.59 Å². The second kappa shape index (κ2) is 12.9. The number of hydrogen-bond acceptors (Lipinski definition) is 4. The van der Waals surface area contributed by atoms with Crippen LogP contribution < -0.4 is 20.9 Å². The van der Waals surface area contributed by atoms with Crippen molar-refractivity contribution in [1.82, 2.24) is 5.32 Å². The molecule has 0 atom stereocenters. The van der Waals surface area contributed by atoms with Crippen molar-refractivity contribution in [1.29, 1.82) is 0 Å². The van der Waals surface area contributed by atoms with Crippen LogP contribution in [0.3, 0.4) is 0 Å². The fourth-order valence-corrected chi connectivity index (χ4v) is 5.07. The first-order valence-electron chi connectivity index (χ1n) is 12.8. The lowest BCUT2D eigenvalue weighted by atomic mass is 10.0. The minimum absolute atomic E-state index is 0.118. The van der Waals surface area contributed by atoms with Crippen molar-refractivity contribution in [2.75, 3.05) is 27.8 Å². The zero-order valence-corrected chi connectivity index (χ0v) is 23.2. The smallest absolute Gasteiger partial charge is 0.336 e. The summed E-state index contributed by atoms with van der Waals surface area (Å²) in [6.45, 7) is 4.24. The number of benzene rings is 3. The molecule has 3 N–H and O–H groups in total. The van der Waals surface area contributed by atoms with Crippen LogP contribution in [-0.2, 0) is 23.8 Å². The number of para-hydroxylation sites is 1. The number of carbonyl (C=O) groups is 3. The van der Waals surface area contributed by atoms with Crippen LogP contribution in [0.2, 0.25) is 0 Å². The fourth-order valence-electron chi connectivity index (χ4n) is 4.22. The summed E-state index contributed by atoms with van der Waals surface area (Å²) in [6, 6.07) is 15.7. The van der Waals surface area contributed by atoms with Gasteiger partial charge in [0, 0.05) is 17.9 Å². The van der Waals surface area contributed by atoms with Crippen molar-refractivity contribution >= 4 is 52.0 Å². The van der Waals surface area contributed by atoms with Crippen LogP contribution in [0.15, 0.2) is 71.7 Å². The van der Waals surface area contributed by atoms with E-state index in [-0.39, 0.29) is 17.3 Å². The molecular formula is C29H28F3N5O3S. The fraction of sp³-hybridized carbons (Fsp3) is 0.241. The van der Waals surface area contributed by atoms with Gasteiger partial charge in [-0.1, -0.05) is 49.0 Å². The molecule has 0 unspecified atom stereocenters. The van der Waals surface area contributed by atoms with Crippen molar-refractivity contribution in [3.63, 3.8) is 0 Å². The third-order valence-corrected chi connectivity index (χ3v) is 7.18. The number of hydrogen-bond donors (Lipinski definition) is 3. The molecule has 3 aromatic carbocycles. The molecule has 0 saturated carbocycles. The Hall–Kier alpha value is -4.32. The molecule has 0 spiro atoms. The summed E-state index contributed by atoms with van der Waals surface area (Å²) < 4.78 is 38.0. The van der Waals surface area contributed by atoms with Gasteiger partial charge >= 0.3 is 18.2 Å². The van der Waals surface area contributed by atoms with Gasteiger partial charge < -0.3 is 16.0 Å². The highest BCUT2D eigenvalue weighted by molar-refractivity contribution is 8.15. The van der Waals surface area contributed by atoms with Gasteiger partial charge in [-0.2, -0.15) is 18.2 Å². The molecule has 8 nitrogen and oxygen atoms in total. The molecule has 41 heavy (non-hydrogen) atoms. The number of carbonyl (C=O) groups excluding carboxylic acids is 3. The first-order chi connectivity index (χ1) is 19.5. The van der Waals surface area contributed by atoms with Crippen LogP contribution in [0.25, 0.3) is 0 Å². The van der Waals surface area contributed by atoms with E-state index in [1.165, 1.54) is 28.8 Å². The van der Waals surface area contributed by atoms with Gasteiger partial charge in [0.15, 0.2) is 5.17 Å². The largest absolute Gasteiger partial charge is 0.416 e. The summed E-state index contributed by atoms with van der Waals surface area (Å²) >= 11 is 1.23. The Labute approximate surface area is 239 Å². The summed E-state index contributed by atoms with van der Waals surface area (Å²) in [4.78, 5) is 43.1. The first kappa shape index (κ1) is 29.7. The number of nitrogens with one attached hydrogen (secondary N) is 3. The number of aryl methyl sites for hydroxylation is 2. The number of nitrogens with zero attached hydrogens (tertiary/aromatic N) is 2. The number of anilines is 3. The first-order valence-corrected chi connectivity index (χ1v) is 13.8. The van der Waals surface area contributed by atoms with Gasteiger partial charge in [-0.15, -0.1) is 0 Å². The molecule has 1 fully saturated rings. The van der Waals surface area contributed by atoms with Crippen LogP contribution in [0, 0.1) is 6.92 Å². The van der Waals surface area contributed by atoms with Crippen molar-refractivity contribution < 1.29 is 27.6 Å². The third-order valence-electron chi connectivity index (χ3n) is 6.26. The molecule has 0 radical (unpaired) electrons. The lowest BCUT2D eigenvalue weighted by molar-refractivity contribution is -0.137. The monoisotopic (exact) mass is 583 g/mol. The molecule has 1 saturated heterocycles. The molecule has 1 heterocycles. The molecule has 3 aromatic rings. The normalized spacial score (nSPS) is 14.3. The van der Waals surface area contributed by atoms with Crippen molar-refractivity contribution in [2.24, 2.45) is 4.99 Å². The molecule has 12 heteroatoms. The Balaban J connectivity index is 1.28. The van der Waals surface area contributed by atoms with E-state index in [2.05, 4.69) is 20.9 Å². The quantitative estimate of drug-likeness (QED) is 0.291. The minimum Gasteiger partial charge on any atom is -0.336 e. The van der Waals surface area contributed by atoms with Crippen LogP contribution in [0.4, 0.5) is 39.8 Å². The molecular weight excluding hydrogens is 555 g/mol. The Morgan fingerprint density at radius 3 is 2.22 bits per heavy atom. The lowest BCUT2D eigenvalue weighted by Gasteiger charge is -2.21.